The van der Waals surface area contributed by atoms with Crippen LogP contribution in [0.5, 0.6) is 0 Å². The van der Waals surface area contributed by atoms with E-state index in [9.17, 15) is 8.42 Å². The summed E-state index contributed by atoms with van der Waals surface area (Å²) >= 11 is 7.28. The Balaban J connectivity index is 1.68. The van der Waals surface area contributed by atoms with E-state index >= 15 is 0 Å². The molecule has 0 atom stereocenters. The number of hydrogen-bond donors (Lipinski definition) is 2. The lowest BCUT2D eigenvalue weighted by Crippen LogP contribution is -2.25. The molecule has 122 valence electrons. The smallest absolute Gasteiger partial charge is 0.250 e. The normalized spacial score (nSPS) is 12.1. The third-order valence-electron chi connectivity index (χ3n) is 3.67. The second-order valence-corrected chi connectivity index (χ2v) is 8.82. The fourth-order valence-electron chi connectivity index (χ4n) is 2.45. The van der Waals surface area contributed by atoms with Crippen molar-refractivity contribution in [1.82, 2.24) is 9.71 Å². The minimum absolute atomic E-state index is 0.358. The average molecular weight is 369 g/mol. The van der Waals surface area contributed by atoms with E-state index in [2.05, 4.69) is 9.71 Å². The molecular weight excluding hydrogens is 352 g/mol. The van der Waals surface area contributed by atoms with Crippen LogP contribution in [-0.2, 0) is 22.9 Å². The molecule has 2 aromatic heterocycles. The Labute approximate surface area is 144 Å². The number of nitrogens with one attached hydrogen (secondary N) is 2. The van der Waals surface area contributed by atoms with E-state index in [0.29, 0.717) is 22.2 Å². The molecule has 23 heavy (non-hydrogen) atoms. The van der Waals surface area contributed by atoms with Crippen LogP contribution in [0.3, 0.4) is 0 Å². The third-order valence-corrected chi connectivity index (χ3v) is 7.08. The van der Waals surface area contributed by atoms with Gasteiger partial charge in [0.2, 0.25) is 10.0 Å². The SMILES string of the molecule is CCc1ccc(S(=O)(=O)NCCc2c[nH]c3cc(Cl)ccc23)s1. The molecule has 0 amide bonds. The molecule has 3 aromatic rings. The van der Waals surface area contributed by atoms with E-state index in [1.807, 2.05) is 37.4 Å². The molecule has 0 fully saturated rings. The topological polar surface area (TPSA) is 62.0 Å². The van der Waals surface area contributed by atoms with Gasteiger partial charge in [-0.15, -0.1) is 11.3 Å². The molecule has 0 aliphatic carbocycles. The zero-order valence-electron chi connectivity index (χ0n) is 12.6. The van der Waals surface area contributed by atoms with Gasteiger partial charge in [0.25, 0.3) is 0 Å². The van der Waals surface area contributed by atoms with Crippen LogP contribution in [0.15, 0.2) is 40.7 Å². The van der Waals surface area contributed by atoms with Gasteiger partial charge >= 0.3 is 0 Å². The predicted octanol–water partition coefficient (Wildman–Crippen LogP) is 3.97. The first kappa shape index (κ1) is 16.5. The van der Waals surface area contributed by atoms with Crippen LogP contribution in [0.25, 0.3) is 10.9 Å². The number of aromatic amines is 1. The standard InChI is InChI=1S/C16H17ClN2O2S2/c1-2-13-4-6-16(22-13)23(20,21)19-8-7-11-10-18-15-9-12(17)3-5-14(11)15/h3-6,9-10,18-19H,2,7-8H2,1H3. The number of halogens is 1. The van der Waals surface area contributed by atoms with Crippen LogP contribution in [0.2, 0.25) is 5.02 Å². The Bertz CT molecular complexity index is 929. The third kappa shape index (κ3) is 3.61. The molecular formula is C16H17ClN2O2S2. The van der Waals surface area contributed by atoms with Gasteiger partial charge in [0.05, 0.1) is 0 Å². The zero-order chi connectivity index (χ0) is 16.4. The molecule has 2 N–H and O–H groups in total. The molecule has 7 heteroatoms. The number of hydrogen-bond acceptors (Lipinski definition) is 3. The van der Waals surface area contributed by atoms with Crippen molar-refractivity contribution in [2.45, 2.75) is 24.0 Å². The summed E-state index contributed by atoms with van der Waals surface area (Å²) in [6.45, 7) is 2.37. The van der Waals surface area contributed by atoms with Crippen molar-refractivity contribution in [3.05, 3.63) is 52.0 Å². The number of aryl methyl sites for hydroxylation is 1. The van der Waals surface area contributed by atoms with Gasteiger partial charge in [-0.1, -0.05) is 24.6 Å². The highest BCUT2D eigenvalue weighted by Crippen LogP contribution is 2.23. The van der Waals surface area contributed by atoms with E-state index in [-0.39, 0.29) is 0 Å². The van der Waals surface area contributed by atoms with Gasteiger partial charge in [0.1, 0.15) is 4.21 Å². The maximum Gasteiger partial charge on any atom is 0.250 e. The molecule has 0 saturated carbocycles. The lowest BCUT2D eigenvalue weighted by atomic mass is 10.1. The lowest BCUT2D eigenvalue weighted by molar-refractivity contribution is 0.584. The van der Waals surface area contributed by atoms with Crippen molar-refractivity contribution in [3.63, 3.8) is 0 Å². The van der Waals surface area contributed by atoms with E-state index < -0.39 is 10.0 Å². The lowest BCUT2D eigenvalue weighted by Gasteiger charge is -2.04. The van der Waals surface area contributed by atoms with Crippen molar-refractivity contribution in [2.75, 3.05) is 6.54 Å². The van der Waals surface area contributed by atoms with Gasteiger partial charge in [-0.25, -0.2) is 13.1 Å². The van der Waals surface area contributed by atoms with Crippen LogP contribution < -0.4 is 4.72 Å². The summed E-state index contributed by atoms with van der Waals surface area (Å²) in [6, 6.07) is 9.18. The van der Waals surface area contributed by atoms with Gasteiger partial charge in [-0.05, 0) is 42.7 Å². The van der Waals surface area contributed by atoms with Crippen LogP contribution in [-0.4, -0.2) is 19.9 Å². The summed E-state index contributed by atoms with van der Waals surface area (Å²) in [5, 5.41) is 1.74. The van der Waals surface area contributed by atoms with Crippen LogP contribution in [0.4, 0.5) is 0 Å². The van der Waals surface area contributed by atoms with Crippen molar-refractivity contribution in [1.29, 1.82) is 0 Å². The zero-order valence-corrected chi connectivity index (χ0v) is 15.0. The van der Waals surface area contributed by atoms with E-state index in [0.717, 1.165) is 27.8 Å². The molecule has 0 radical (unpaired) electrons. The molecule has 2 heterocycles. The minimum atomic E-state index is -3.43. The minimum Gasteiger partial charge on any atom is -0.361 e. The van der Waals surface area contributed by atoms with Gasteiger partial charge in [0.15, 0.2) is 0 Å². The Morgan fingerprint density at radius 3 is 2.83 bits per heavy atom. The second-order valence-electron chi connectivity index (χ2n) is 5.23. The van der Waals surface area contributed by atoms with E-state index in [1.54, 1.807) is 6.07 Å². The predicted molar refractivity (Wildman–Crippen MR) is 95.9 cm³/mol. The highest BCUT2D eigenvalue weighted by molar-refractivity contribution is 7.91. The van der Waals surface area contributed by atoms with Crippen LogP contribution in [0.1, 0.15) is 17.4 Å². The Morgan fingerprint density at radius 2 is 2.09 bits per heavy atom. The fraction of sp³-hybridized carbons (Fsp3) is 0.250. The van der Waals surface area contributed by atoms with Crippen molar-refractivity contribution in [2.24, 2.45) is 0 Å². The summed E-state index contributed by atoms with van der Waals surface area (Å²) in [5.74, 6) is 0. The highest BCUT2D eigenvalue weighted by Gasteiger charge is 2.16. The molecule has 0 aliphatic rings. The molecule has 0 unspecified atom stereocenters. The summed E-state index contributed by atoms with van der Waals surface area (Å²) in [6.07, 6.45) is 3.36. The van der Waals surface area contributed by atoms with Gasteiger partial charge < -0.3 is 4.98 Å². The molecule has 4 nitrogen and oxygen atoms in total. The number of rotatable bonds is 6. The molecule has 0 saturated heterocycles. The molecule has 0 aliphatic heterocycles. The largest absolute Gasteiger partial charge is 0.361 e. The number of H-pyrrole nitrogens is 1. The first-order chi connectivity index (χ1) is 11.0. The van der Waals surface area contributed by atoms with Gasteiger partial charge in [0, 0.05) is 33.5 Å². The summed E-state index contributed by atoms with van der Waals surface area (Å²) in [4.78, 5) is 4.23. The maximum atomic E-state index is 12.3. The molecule has 0 spiro atoms. The Kier molecular flexibility index (Phi) is 4.77. The average Bonchev–Trinajstić information content (AvgIpc) is 3.14. The van der Waals surface area contributed by atoms with Crippen molar-refractivity contribution >= 4 is 43.9 Å². The molecule has 1 aromatic carbocycles. The van der Waals surface area contributed by atoms with E-state index in [4.69, 9.17) is 11.6 Å². The number of sulfonamides is 1. The van der Waals surface area contributed by atoms with Crippen LogP contribution >= 0.6 is 22.9 Å². The van der Waals surface area contributed by atoms with Crippen molar-refractivity contribution < 1.29 is 8.42 Å². The number of benzene rings is 1. The first-order valence-electron chi connectivity index (χ1n) is 7.33. The van der Waals surface area contributed by atoms with Crippen LogP contribution in [0, 0.1) is 0 Å². The quantitative estimate of drug-likeness (QED) is 0.691. The fourth-order valence-corrected chi connectivity index (χ4v) is 4.99. The second kappa shape index (κ2) is 6.65. The number of thiophene rings is 1. The molecule has 0 bridgehead atoms. The van der Waals surface area contributed by atoms with Gasteiger partial charge in [-0.2, -0.15) is 0 Å². The molecule has 3 rings (SSSR count). The Hall–Kier alpha value is -1.34. The monoisotopic (exact) mass is 368 g/mol. The highest BCUT2D eigenvalue weighted by atomic mass is 35.5. The summed E-state index contributed by atoms with van der Waals surface area (Å²) < 4.78 is 27.6. The van der Waals surface area contributed by atoms with Crippen molar-refractivity contribution in [3.8, 4) is 0 Å². The number of fused-ring (bicyclic) bond motifs is 1. The van der Waals surface area contributed by atoms with Gasteiger partial charge in [-0.3, -0.25) is 0 Å². The van der Waals surface area contributed by atoms with E-state index in [1.165, 1.54) is 11.3 Å². The Morgan fingerprint density at radius 1 is 1.26 bits per heavy atom. The maximum absolute atomic E-state index is 12.3. The first-order valence-corrected chi connectivity index (χ1v) is 10.0. The summed E-state index contributed by atoms with van der Waals surface area (Å²) in [7, 11) is -3.43. The number of aromatic nitrogens is 1. The summed E-state index contributed by atoms with van der Waals surface area (Å²) in [5.41, 5.74) is 2.03.